The first-order valence-electron chi connectivity index (χ1n) is 10.4. The Hall–Kier alpha value is -2.17. The van der Waals surface area contributed by atoms with Crippen LogP contribution < -0.4 is 5.32 Å². The highest BCUT2D eigenvalue weighted by molar-refractivity contribution is 7.89. The van der Waals surface area contributed by atoms with Crippen LogP contribution in [0.25, 0.3) is 21.7 Å². The van der Waals surface area contributed by atoms with Gasteiger partial charge in [0.25, 0.3) is 0 Å². The average molecular weight is 445 g/mol. The second kappa shape index (κ2) is 7.82. The third kappa shape index (κ3) is 3.57. The zero-order valence-corrected chi connectivity index (χ0v) is 18.5. The molecule has 0 bridgehead atoms. The summed E-state index contributed by atoms with van der Waals surface area (Å²) in [7, 11) is -3.09. The van der Waals surface area contributed by atoms with Crippen LogP contribution in [0, 0.1) is 5.92 Å². The minimum absolute atomic E-state index is 0.155. The van der Waals surface area contributed by atoms with Gasteiger partial charge in [-0.25, -0.2) is 27.7 Å². The molecule has 4 heterocycles. The summed E-state index contributed by atoms with van der Waals surface area (Å²) in [5.41, 5.74) is 2.02. The van der Waals surface area contributed by atoms with E-state index in [1.807, 2.05) is 0 Å². The molecule has 158 valence electrons. The SMILES string of the molecule is CCS(=O)(=O)N1CC(CNc2nc(-c3cnccn3)nc3sc4c(c23)CCCC4)C1. The molecule has 30 heavy (non-hydrogen) atoms. The summed E-state index contributed by atoms with van der Waals surface area (Å²) >= 11 is 1.76. The molecule has 3 aromatic heterocycles. The number of thiophene rings is 1. The third-order valence-electron chi connectivity index (χ3n) is 5.85. The largest absolute Gasteiger partial charge is 0.369 e. The molecule has 0 aromatic carbocycles. The van der Waals surface area contributed by atoms with Gasteiger partial charge in [-0.3, -0.25) is 4.98 Å². The van der Waals surface area contributed by atoms with Gasteiger partial charge < -0.3 is 5.32 Å². The number of anilines is 1. The van der Waals surface area contributed by atoms with E-state index in [1.165, 1.54) is 23.3 Å². The molecular weight excluding hydrogens is 420 g/mol. The third-order valence-corrected chi connectivity index (χ3v) is 8.85. The van der Waals surface area contributed by atoms with E-state index in [2.05, 4.69) is 15.3 Å². The highest BCUT2D eigenvalue weighted by Crippen LogP contribution is 2.39. The quantitative estimate of drug-likeness (QED) is 0.624. The average Bonchev–Trinajstić information content (AvgIpc) is 3.11. The minimum atomic E-state index is -3.09. The summed E-state index contributed by atoms with van der Waals surface area (Å²) in [6, 6.07) is 0. The van der Waals surface area contributed by atoms with Gasteiger partial charge in [0.15, 0.2) is 5.82 Å². The molecule has 0 saturated carbocycles. The van der Waals surface area contributed by atoms with Crippen LogP contribution in [0.15, 0.2) is 18.6 Å². The Morgan fingerprint density at radius 3 is 2.80 bits per heavy atom. The van der Waals surface area contributed by atoms with Crippen molar-refractivity contribution in [3.05, 3.63) is 29.0 Å². The summed E-state index contributed by atoms with van der Waals surface area (Å²) in [6.45, 7) is 3.50. The van der Waals surface area contributed by atoms with Gasteiger partial charge in [0, 0.05) is 42.8 Å². The summed E-state index contributed by atoms with van der Waals surface area (Å²) < 4.78 is 25.5. The molecule has 1 saturated heterocycles. The zero-order chi connectivity index (χ0) is 20.7. The first-order valence-corrected chi connectivity index (χ1v) is 12.8. The van der Waals surface area contributed by atoms with Crippen LogP contribution in [-0.4, -0.2) is 58.0 Å². The first kappa shape index (κ1) is 19.8. The van der Waals surface area contributed by atoms with E-state index >= 15 is 0 Å². The fourth-order valence-corrected chi connectivity index (χ4v) is 6.62. The number of aryl methyl sites for hydroxylation is 2. The summed E-state index contributed by atoms with van der Waals surface area (Å²) in [4.78, 5) is 20.5. The number of sulfonamides is 1. The van der Waals surface area contributed by atoms with Gasteiger partial charge in [-0.05, 0) is 38.2 Å². The predicted molar refractivity (Wildman–Crippen MR) is 118 cm³/mol. The fraction of sp³-hybridized carbons (Fsp3) is 0.500. The van der Waals surface area contributed by atoms with Crippen molar-refractivity contribution >= 4 is 37.4 Å². The van der Waals surface area contributed by atoms with Gasteiger partial charge in [-0.15, -0.1) is 11.3 Å². The molecule has 0 radical (unpaired) electrons. The predicted octanol–water partition coefficient (Wildman–Crippen LogP) is 2.72. The Morgan fingerprint density at radius 2 is 2.03 bits per heavy atom. The van der Waals surface area contributed by atoms with Crippen molar-refractivity contribution in [2.45, 2.75) is 32.6 Å². The standard InChI is InChI=1S/C20H24N6O2S2/c1-2-30(27,28)26-11-13(12-26)9-23-19-17-14-5-3-4-6-16(14)29-20(17)25-18(24-19)15-10-21-7-8-22-15/h7-8,10,13H,2-6,9,11-12H2,1H3,(H,23,24,25). The molecular formula is C20H24N6O2S2. The van der Waals surface area contributed by atoms with E-state index in [9.17, 15) is 8.42 Å². The van der Waals surface area contributed by atoms with Gasteiger partial charge in [-0.1, -0.05) is 0 Å². The molecule has 3 aromatic rings. The summed E-state index contributed by atoms with van der Waals surface area (Å²) in [5.74, 6) is 1.84. The van der Waals surface area contributed by atoms with Crippen LogP contribution in [0.2, 0.25) is 0 Å². The molecule has 10 heteroatoms. The van der Waals surface area contributed by atoms with Crippen LogP contribution in [0.1, 0.15) is 30.2 Å². The second-order valence-corrected chi connectivity index (χ2v) is 11.2. The van der Waals surface area contributed by atoms with E-state index in [-0.39, 0.29) is 11.7 Å². The molecule has 0 spiro atoms. The van der Waals surface area contributed by atoms with E-state index in [4.69, 9.17) is 9.97 Å². The van der Waals surface area contributed by atoms with Crippen molar-refractivity contribution in [3.8, 4) is 11.5 Å². The van der Waals surface area contributed by atoms with E-state index in [1.54, 1.807) is 41.2 Å². The van der Waals surface area contributed by atoms with E-state index in [0.717, 1.165) is 28.9 Å². The number of rotatable bonds is 6. The molecule has 1 fully saturated rings. The van der Waals surface area contributed by atoms with Crippen LogP contribution in [0.4, 0.5) is 5.82 Å². The molecule has 5 rings (SSSR count). The van der Waals surface area contributed by atoms with E-state index in [0.29, 0.717) is 31.2 Å². The Balaban J connectivity index is 1.45. The minimum Gasteiger partial charge on any atom is -0.369 e. The lowest BCUT2D eigenvalue weighted by Crippen LogP contribution is -2.52. The van der Waals surface area contributed by atoms with Crippen LogP contribution in [0.5, 0.6) is 0 Å². The highest BCUT2D eigenvalue weighted by Gasteiger charge is 2.34. The van der Waals surface area contributed by atoms with Crippen LogP contribution in [0.3, 0.4) is 0 Å². The van der Waals surface area contributed by atoms with Crippen LogP contribution in [-0.2, 0) is 22.9 Å². The lowest BCUT2D eigenvalue weighted by Gasteiger charge is -2.38. The number of hydrogen-bond donors (Lipinski definition) is 1. The van der Waals surface area contributed by atoms with Crippen molar-refractivity contribution in [1.82, 2.24) is 24.2 Å². The summed E-state index contributed by atoms with van der Waals surface area (Å²) in [6.07, 6.45) is 9.53. The number of nitrogens with zero attached hydrogens (tertiary/aromatic N) is 5. The Labute approximate surface area is 179 Å². The van der Waals surface area contributed by atoms with Gasteiger partial charge in [-0.2, -0.15) is 0 Å². The molecule has 1 aliphatic carbocycles. The number of hydrogen-bond acceptors (Lipinski definition) is 8. The smallest absolute Gasteiger partial charge is 0.213 e. The van der Waals surface area contributed by atoms with Gasteiger partial charge >= 0.3 is 0 Å². The molecule has 0 amide bonds. The molecule has 0 atom stereocenters. The number of fused-ring (bicyclic) bond motifs is 3. The normalized spacial score (nSPS) is 17.6. The Bertz CT molecular complexity index is 1170. The number of aromatic nitrogens is 4. The lowest BCUT2D eigenvalue weighted by molar-refractivity contribution is 0.212. The van der Waals surface area contributed by atoms with Crippen molar-refractivity contribution in [1.29, 1.82) is 0 Å². The van der Waals surface area contributed by atoms with Crippen molar-refractivity contribution in [3.63, 3.8) is 0 Å². The molecule has 1 aliphatic heterocycles. The lowest BCUT2D eigenvalue weighted by atomic mass is 9.97. The maximum atomic E-state index is 12.0. The molecule has 2 aliphatic rings. The Kier molecular flexibility index (Phi) is 5.16. The second-order valence-electron chi connectivity index (χ2n) is 7.84. The van der Waals surface area contributed by atoms with Gasteiger partial charge in [0.05, 0.1) is 17.3 Å². The van der Waals surface area contributed by atoms with Gasteiger partial charge in [0.1, 0.15) is 16.3 Å². The van der Waals surface area contributed by atoms with Crippen molar-refractivity contribution < 1.29 is 8.42 Å². The van der Waals surface area contributed by atoms with E-state index < -0.39 is 10.0 Å². The van der Waals surface area contributed by atoms with Crippen molar-refractivity contribution in [2.24, 2.45) is 5.92 Å². The maximum absolute atomic E-state index is 12.0. The topological polar surface area (TPSA) is 101 Å². The zero-order valence-electron chi connectivity index (χ0n) is 16.8. The Morgan fingerprint density at radius 1 is 1.20 bits per heavy atom. The first-order chi connectivity index (χ1) is 14.5. The van der Waals surface area contributed by atoms with Gasteiger partial charge in [0.2, 0.25) is 10.0 Å². The monoisotopic (exact) mass is 444 g/mol. The van der Waals surface area contributed by atoms with Crippen molar-refractivity contribution in [2.75, 3.05) is 30.7 Å². The molecule has 8 nitrogen and oxygen atoms in total. The highest BCUT2D eigenvalue weighted by atomic mass is 32.2. The number of nitrogens with one attached hydrogen (secondary N) is 1. The molecule has 1 N–H and O–H groups in total. The summed E-state index contributed by atoms with van der Waals surface area (Å²) in [5, 5.41) is 4.64. The fourth-order valence-electron chi connectivity index (χ4n) is 4.12. The van der Waals surface area contributed by atoms with Crippen LogP contribution >= 0.6 is 11.3 Å². The maximum Gasteiger partial charge on any atom is 0.213 e. The molecule has 0 unspecified atom stereocenters.